The number of ketones is 1. The molecule has 0 saturated heterocycles. The molecule has 100 valence electrons. The van der Waals surface area contributed by atoms with Gasteiger partial charge in [-0.3, -0.25) is 4.79 Å². The third kappa shape index (κ3) is 3.57. The number of alkyl halides is 3. The lowest BCUT2D eigenvalue weighted by Crippen LogP contribution is -2.27. The van der Waals surface area contributed by atoms with Crippen molar-refractivity contribution in [3.8, 4) is 0 Å². The SMILES string of the molecule is CCNCC(C)C(=O)c1ccccc1C(F)(F)F. The molecule has 0 heterocycles. The first-order valence-corrected chi connectivity index (χ1v) is 5.79. The summed E-state index contributed by atoms with van der Waals surface area (Å²) in [5, 5.41) is 2.95. The Morgan fingerprint density at radius 2 is 1.94 bits per heavy atom. The zero-order valence-corrected chi connectivity index (χ0v) is 10.3. The minimum atomic E-state index is -4.50. The molecule has 0 amide bonds. The molecule has 1 aromatic rings. The van der Waals surface area contributed by atoms with Crippen LogP contribution in [-0.4, -0.2) is 18.9 Å². The molecule has 18 heavy (non-hydrogen) atoms. The van der Waals surface area contributed by atoms with Crippen molar-refractivity contribution in [2.24, 2.45) is 5.92 Å². The molecule has 0 saturated carbocycles. The van der Waals surface area contributed by atoms with Gasteiger partial charge in [-0.1, -0.05) is 32.0 Å². The van der Waals surface area contributed by atoms with Crippen LogP contribution in [0.5, 0.6) is 0 Å². The number of hydrogen-bond donors (Lipinski definition) is 1. The quantitative estimate of drug-likeness (QED) is 0.823. The molecule has 0 fully saturated rings. The fourth-order valence-corrected chi connectivity index (χ4v) is 1.66. The van der Waals surface area contributed by atoms with Gasteiger partial charge in [-0.25, -0.2) is 0 Å². The van der Waals surface area contributed by atoms with Crippen LogP contribution in [0.4, 0.5) is 13.2 Å². The minimum absolute atomic E-state index is 0.254. The van der Waals surface area contributed by atoms with Gasteiger partial charge in [-0.2, -0.15) is 13.2 Å². The molecule has 1 atom stereocenters. The van der Waals surface area contributed by atoms with Gasteiger partial charge in [0.25, 0.3) is 0 Å². The van der Waals surface area contributed by atoms with Gasteiger partial charge in [-0.05, 0) is 12.6 Å². The van der Waals surface area contributed by atoms with Crippen LogP contribution >= 0.6 is 0 Å². The number of nitrogens with one attached hydrogen (secondary N) is 1. The van der Waals surface area contributed by atoms with E-state index in [1.165, 1.54) is 18.2 Å². The number of Topliss-reactive ketones (excluding diaryl/α,β-unsaturated/α-hetero) is 1. The molecule has 2 nitrogen and oxygen atoms in total. The van der Waals surface area contributed by atoms with Crippen molar-refractivity contribution in [2.75, 3.05) is 13.1 Å². The van der Waals surface area contributed by atoms with Gasteiger partial charge in [-0.15, -0.1) is 0 Å². The van der Waals surface area contributed by atoms with Crippen LogP contribution in [0.1, 0.15) is 29.8 Å². The number of carbonyl (C=O) groups is 1. The Morgan fingerprint density at radius 3 is 2.50 bits per heavy atom. The molecular weight excluding hydrogens is 243 g/mol. The summed E-state index contributed by atoms with van der Waals surface area (Å²) in [7, 11) is 0. The van der Waals surface area contributed by atoms with Crippen molar-refractivity contribution < 1.29 is 18.0 Å². The maximum atomic E-state index is 12.8. The number of benzene rings is 1. The van der Waals surface area contributed by atoms with E-state index in [0.29, 0.717) is 13.1 Å². The zero-order valence-electron chi connectivity index (χ0n) is 10.3. The van der Waals surface area contributed by atoms with Crippen molar-refractivity contribution in [3.63, 3.8) is 0 Å². The van der Waals surface area contributed by atoms with Gasteiger partial charge in [0.2, 0.25) is 0 Å². The summed E-state index contributed by atoms with van der Waals surface area (Å²) in [5.41, 5.74) is -1.12. The molecule has 1 aromatic carbocycles. The number of carbonyl (C=O) groups excluding carboxylic acids is 1. The van der Waals surface area contributed by atoms with E-state index in [-0.39, 0.29) is 5.56 Å². The van der Waals surface area contributed by atoms with E-state index in [1.807, 2.05) is 6.92 Å². The molecule has 0 aromatic heterocycles. The third-order valence-electron chi connectivity index (χ3n) is 2.65. The van der Waals surface area contributed by atoms with Crippen LogP contribution in [0.3, 0.4) is 0 Å². The first kappa shape index (κ1) is 14.7. The second kappa shape index (κ2) is 6.00. The molecule has 0 spiro atoms. The standard InChI is InChI=1S/C13H16F3NO/c1-3-17-8-9(2)12(18)10-6-4-5-7-11(10)13(14,15)16/h4-7,9,17H,3,8H2,1-2H3. The monoisotopic (exact) mass is 259 g/mol. The van der Waals surface area contributed by atoms with Gasteiger partial charge >= 0.3 is 6.18 Å². The maximum absolute atomic E-state index is 12.8. The van der Waals surface area contributed by atoms with E-state index in [9.17, 15) is 18.0 Å². The summed E-state index contributed by atoms with van der Waals surface area (Å²) in [5.74, 6) is -0.961. The summed E-state index contributed by atoms with van der Waals surface area (Å²) in [6.07, 6.45) is -4.50. The molecule has 0 aliphatic rings. The Hall–Kier alpha value is -1.36. The Balaban J connectivity index is 2.99. The van der Waals surface area contributed by atoms with Crippen molar-refractivity contribution >= 4 is 5.78 Å². The van der Waals surface area contributed by atoms with Gasteiger partial charge in [0.05, 0.1) is 5.56 Å². The normalized spacial score (nSPS) is 13.4. The van der Waals surface area contributed by atoms with Crippen LogP contribution in [0, 0.1) is 5.92 Å². The lowest BCUT2D eigenvalue weighted by atomic mass is 9.95. The molecule has 5 heteroatoms. The van der Waals surface area contributed by atoms with Crippen LogP contribution in [0.25, 0.3) is 0 Å². The summed E-state index contributed by atoms with van der Waals surface area (Å²) in [6.45, 7) is 4.55. The highest BCUT2D eigenvalue weighted by atomic mass is 19.4. The van der Waals surface area contributed by atoms with E-state index >= 15 is 0 Å². The highest BCUT2D eigenvalue weighted by Gasteiger charge is 2.35. The van der Waals surface area contributed by atoms with Gasteiger partial charge in [0, 0.05) is 18.0 Å². The number of hydrogen-bond acceptors (Lipinski definition) is 2. The van der Waals surface area contributed by atoms with E-state index in [0.717, 1.165) is 6.07 Å². The van der Waals surface area contributed by atoms with E-state index in [1.54, 1.807) is 6.92 Å². The van der Waals surface area contributed by atoms with E-state index < -0.39 is 23.4 Å². The number of halogens is 3. The third-order valence-corrected chi connectivity index (χ3v) is 2.65. The van der Waals surface area contributed by atoms with Crippen molar-refractivity contribution in [2.45, 2.75) is 20.0 Å². The lowest BCUT2D eigenvalue weighted by Gasteiger charge is -2.15. The van der Waals surface area contributed by atoms with Crippen LogP contribution in [0.2, 0.25) is 0 Å². The van der Waals surface area contributed by atoms with Gasteiger partial charge in [0.1, 0.15) is 0 Å². The fraction of sp³-hybridized carbons (Fsp3) is 0.462. The predicted molar refractivity (Wildman–Crippen MR) is 63.5 cm³/mol. The van der Waals surface area contributed by atoms with Crippen LogP contribution in [-0.2, 0) is 6.18 Å². The van der Waals surface area contributed by atoms with E-state index in [4.69, 9.17) is 0 Å². The first-order valence-electron chi connectivity index (χ1n) is 5.79. The largest absolute Gasteiger partial charge is 0.417 e. The van der Waals surface area contributed by atoms with Crippen molar-refractivity contribution in [1.82, 2.24) is 5.32 Å². The molecule has 1 N–H and O–H groups in total. The highest BCUT2D eigenvalue weighted by Crippen LogP contribution is 2.32. The van der Waals surface area contributed by atoms with Crippen LogP contribution < -0.4 is 5.32 Å². The average Bonchev–Trinajstić information content (AvgIpc) is 2.34. The average molecular weight is 259 g/mol. The minimum Gasteiger partial charge on any atom is -0.316 e. The number of rotatable bonds is 5. The Morgan fingerprint density at radius 1 is 1.33 bits per heavy atom. The summed E-state index contributed by atoms with van der Waals surface area (Å²) in [6, 6.07) is 4.90. The predicted octanol–water partition coefficient (Wildman–Crippen LogP) is 3.13. The first-order chi connectivity index (χ1) is 8.38. The zero-order chi connectivity index (χ0) is 13.8. The molecular formula is C13H16F3NO. The van der Waals surface area contributed by atoms with Gasteiger partial charge in [0.15, 0.2) is 5.78 Å². The van der Waals surface area contributed by atoms with Crippen molar-refractivity contribution in [1.29, 1.82) is 0 Å². The molecule has 0 radical (unpaired) electrons. The Labute approximate surface area is 104 Å². The molecule has 1 unspecified atom stereocenters. The van der Waals surface area contributed by atoms with E-state index in [2.05, 4.69) is 5.32 Å². The second-order valence-electron chi connectivity index (χ2n) is 4.12. The maximum Gasteiger partial charge on any atom is 0.417 e. The van der Waals surface area contributed by atoms with Crippen LogP contribution in [0.15, 0.2) is 24.3 Å². The topological polar surface area (TPSA) is 29.1 Å². The highest BCUT2D eigenvalue weighted by molar-refractivity contribution is 5.99. The molecule has 1 rings (SSSR count). The second-order valence-corrected chi connectivity index (χ2v) is 4.12. The summed E-state index contributed by atoms with van der Waals surface area (Å²) >= 11 is 0. The lowest BCUT2D eigenvalue weighted by molar-refractivity contribution is -0.137. The van der Waals surface area contributed by atoms with Crippen molar-refractivity contribution in [3.05, 3.63) is 35.4 Å². The smallest absolute Gasteiger partial charge is 0.316 e. The fourth-order valence-electron chi connectivity index (χ4n) is 1.66. The molecule has 0 bridgehead atoms. The summed E-state index contributed by atoms with van der Waals surface area (Å²) < 4.78 is 38.3. The Bertz CT molecular complexity index is 415. The summed E-state index contributed by atoms with van der Waals surface area (Å²) in [4.78, 5) is 12.0. The molecule has 0 aliphatic heterocycles. The molecule has 0 aliphatic carbocycles. The Kier molecular flexibility index (Phi) is 4.90. The van der Waals surface area contributed by atoms with Gasteiger partial charge < -0.3 is 5.32 Å².